The Morgan fingerprint density at radius 2 is 2.22 bits per heavy atom. The highest BCUT2D eigenvalue weighted by molar-refractivity contribution is 6.31. The molecule has 0 aromatic heterocycles. The molecule has 2 atom stereocenters. The highest BCUT2D eigenvalue weighted by atomic mass is 35.5. The molecule has 1 heterocycles. The molecule has 18 heavy (non-hydrogen) atoms. The van der Waals surface area contributed by atoms with E-state index in [-0.39, 0.29) is 5.78 Å². The molecule has 0 amide bonds. The summed E-state index contributed by atoms with van der Waals surface area (Å²) in [5.74, 6) is 0.936. The van der Waals surface area contributed by atoms with Gasteiger partial charge in [0.05, 0.1) is 0 Å². The zero-order valence-electron chi connectivity index (χ0n) is 11.0. The van der Waals surface area contributed by atoms with E-state index in [1.54, 1.807) is 12.1 Å². The second-order valence-corrected chi connectivity index (χ2v) is 5.80. The summed E-state index contributed by atoms with van der Waals surface area (Å²) in [7, 11) is 0. The largest absolute Gasteiger partial charge is 0.300 e. The van der Waals surface area contributed by atoms with Gasteiger partial charge in [-0.15, -0.1) is 0 Å². The molecule has 0 saturated carbocycles. The fourth-order valence-electron chi connectivity index (χ4n) is 2.75. The number of carbonyl (C=O) groups is 1. The molecule has 2 unspecified atom stereocenters. The molecule has 0 aliphatic carbocycles. The quantitative estimate of drug-likeness (QED) is 0.775. The first-order valence-electron chi connectivity index (χ1n) is 6.59. The minimum Gasteiger partial charge on any atom is -0.300 e. The molecular weight excluding hydrogens is 246 g/mol. The fraction of sp³-hybridized carbons (Fsp3) is 0.533. The lowest BCUT2D eigenvalue weighted by Gasteiger charge is -2.20. The molecule has 0 spiro atoms. The lowest BCUT2D eigenvalue weighted by Crippen LogP contribution is -2.29. The van der Waals surface area contributed by atoms with Crippen LogP contribution in [-0.4, -0.2) is 29.8 Å². The molecule has 1 aromatic rings. The van der Waals surface area contributed by atoms with E-state index in [4.69, 9.17) is 11.6 Å². The molecule has 2 nitrogen and oxygen atoms in total. The summed E-state index contributed by atoms with van der Waals surface area (Å²) in [6.45, 7) is 6.49. The van der Waals surface area contributed by atoms with Crippen LogP contribution in [0.4, 0.5) is 0 Å². The van der Waals surface area contributed by atoms with Crippen LogP contribution in [-0.2, 0) is 0 Å². The van der Waals surface area contributed by atoms with Crippen LogP contribution in [0.2, 0.25) is 5.02 Å². The lowest BCUT2D eigenvalue weighted by atomic mass is 10.1. The van der Waals surface area contributed by atoms with Crippen LogP contribution in [0.1, 0.15) is 37.0 Å². The predicted molar refractivity (Wildman–Crippen MR) is 75.2 cm³/mol. The summed E-state index contributed by atoms with van der Waals surface area (Å²) in [5, 5.41) is 0.629. The van der Waals surface area contributed by atoms with Gasteiger partial charge in [0.25, 0.3) is 0 Å². The highest BCUT2D eigenvalue weighted by Gasteiger charge is 2.25. The van der Waals surface area contributed by atoms with Gasteiger partial charge >= 0.3 is 0 Å². The van der Waals surface area contributed by atoms with Crippen molar-refractivity contribution < 1.29 is 4.79 Å². The molecule has 0 radical (unpaired) electrons. The first-order valence-corrected chi connectivity index (χ1v) is 6.97. The van der Waals surface area contributed by atoms with Crippen molar-refractivity contribution in [3.8, 4) is 0 Å². The second kappa shape index (κ2) is 5.85. The van der Waals surface area contributed by atoms with Gasteiger partial charge in [-0.2, -0.15) is 0 Å². The number of carbonyl (C=O) groups excluding carboxylic acids is 1. The zero-order valence-corrected chi connectivity index (χ0v) is 11.8. The van der Waals surface area contributed by atoms with Crippen molar-refractivity contribution in [2.24, 2.45) is 5.92 Å². The molecule has 1 saturated heterocycles. The molecule has 3 heteroatoms. The predicted octanol–water partition coefficient (Wildman–Crippen LogP) is 3.64. The molecule has 1 fully saturated rings. The van der Waals surface area contributed by atoms with Crippen LogP contribution in [0, 0.1) is 5.92 Å². The Kier molecular flexibility index (Phi) is 4.41. The van der Waals surface area contributed by atoms with Gasteiger partial charge < -0.3 is 0 Å². The Morgan fingerprint density at radius 1 is 1.44 bits per heavy atom. The average molecular weight is 266 g/mol. The highest BCUT2D eigenvalue weighted by Crippen LogP contribution is 2.22. The number of benzene rings is 1. The Hall–Kier alpha value is -0.860. The standard InChI is InChI=1S/C15H20ClNO/c1-11-8-12(2)17(10-11)7-6-15(18)13-4-3-5-14(16)9-13/h3-5,9,11-12H,6-8,10H2,1-2H3. The van der Waals surface area contributed by atoms with Crippen molar-refractivity contribution in [3.05, 3.63) is 34.9 Å². The van der Waals surface area contributed by atoms with E-state index in [1.807, 2.05) is 12.1 Å². The van der Waals surface area contributed by atoms with Crippen molar-refractivity contribution in [2.45, 2.75) is 32.7 Å². The van der Waals surface area contributed by atoms with E-state index in [0.29, 0.717) is 17.5 Å². The smallest absolute Gasteiger partial charge is 0.164 e. The number of nitrogens with zero attached hydrogens (tertiary/aromatic N) is 1. The van der Waals surface area contributed by atoms with E-state index in [1.165, 1.54) is 6.42 Å². The molecule has 2 rings (SSSR count). The number of ketones is 1. The summed E-state index contributed by atoms with van der Waals surface area (Å²) < 4.78 is 0. The van der Waals surface area contributed by atoms with Gasteiger partial charge in [0.15, 0.2) is 5.78 Å². The zero-order chi connectivity index (χ0) is 13.1. The maximum absolute atomic E-state index is 12.1. The third kappa shape index (κ3) is 3.33. The van der Waals surface area contributed by atoms with Gasteiger partial charge in [0.2, 0.25) is 0 Å². The summed E-state index contributed by atoms with van der Waals surface area (Å²) in [5.41, 5.74) is 0.724. The Bertz CT molecular complexity index is 432. The first-order chi connectivity index (χ1) is 8.56. The van der Waals surface area contributed by atoms with Crippen molar-refractivity contribution in [2.75, 3.05) is 13.1 Å². The van der Waals surface area contributed by atoms with E-state index in [2.05, 4.69) is 18.7 Å². The second-order valence-electron chi connectivity index (χ2n) is 5.37. The van der Waals surface area contributed by atoms with Crippen molar-refractivity contribution in [1.29, 1.82) is 0 Å². The maximum Gasteiger partial charge on any atom is 0.164 e. The van der Waals surface area contributed by atoms with Crippen LogP contribution in [0.3, 0.4) is 0 Å². The molecule has 0 N–H and O–H groups in total. The van der Waals surface area contributed by atoms with Crippen molar-refractivity contribution >= 4 is 17.4 Å². The van der Waals surface area contributed by atoms with Gasteiger partial charge in [0, 0.05) is 36.1 Å². The lowest BCUT2D eigenvalue weighted by molar-refractivity contribution is 0.0962. The minimum atomic E-state index is 0.184. The van der Waals surface area contributed by atoms with Gasteiger partial charge in [-0.3, -0.25) is 9.69 Å². The number of hydrogen-bond donors (Lipinski definition) is 0. The SMILES string of the molecule is CC1CC(C)N(CCC(=O)c2cccc(Cl)c2)C1. The average Bonchev–Trinajstić information content (AvgIpc) is 2.65. The molecule has 98 valence electrons. The van der Waals surface area contributed by atoms with Crippen LogP contribution in [0.25, 0.3) is 0 Å². The first kappa shape index (κ1) is 13.6. The molecular formula is C15H20ClNO. The van der Waals surface area contributed by atoms with E-state index in [0.717, 1.165) is 24.6 Å². The summed E-state index contributed by atoms with van der Waals surface area (Å²) in [4.78, 5) is 14.5. The Balaban J connectivity index is 1.89. The summed E-state index contributed by atoms with van der Waals surface area (Å²) in [6, 6.07) is 7.82. The van der Waals surface area contributed by atoms with Gasteiger partial charge in [0.1, 0.15) is 0 Å². The number of halogens is 1. The van der Waals surface area contributed by atoms with Gasteiger partial charge in [-0.05, 0) is 31.4 Å². The van der Waals surface area contributed by atoms with Crippen molar-refractivity contribution in [3.63, 3.8) is 0 Å². The summed E-state index contributed by atoms with van der Waals surface area (Å²) in [6.07, 6.45) is 1.82. The fourth-order valence-corrected chi connectivity index (χ4v) is 2.94. The number of likely N-dealkylation sites (tertiary alicyclic amines) is 1. The molecule has 0 bridgehead atoms. The maximum atomic E-state index is 12.1. The van der Waals surface area contributed by atoms with E-state index >= 15 is 0 Å². The summed E-state index contributed by atoms with van der Waals surface area (Å²) >= 11 is 5.90. The number of Topliss-reactive ketones (excluding diaryl/α,β-unsaturated/α-hetero) is 1. The normalized spacial score (nSPS) is 24.4. The molecule has 1 aromatic carbocycles. The van der Waals surface area contributed by atoms with Gasteiger partial charge in [-0.25, -0.2) is 0 Å². The topological polar surface area (TPSA) is 20.3 Å². The third-order valence-electron chi connectivity index (χ3n) is 3.69. The monoisotopic (exact) mass is 265 g/mol. The van der Waals surface area contributed by atoms with E-state index in [9.17, 15) is 4.79 Å². The molecule has 1 aliphatic heterocycles. The number of hydrogen-bond acceptors (Lipinski definition) is 2. The van der Waals surface area contributed by atoms with Crippen LogP contribution in [0.5, 0.6) is 0 Å². The van der Waals surface area contributed by atoms with Crippen LogP contribution < -0.4 is 0 Å². The minimum absolute atomic E-state index is 0.184. The van der Waals surface area contributed by atoms with Gasteiger partial charge in [-0.1, -0.05) is 30.7 Å². The third-order valence-corrected chi connectivity index (χ3v) is 3.92. The van der Waals surface area contributed by atoms with Crippen LogP contribution >= 0.6 is 11.6 Å². The Labute approximate surface area is 114 Å². The Morgan fingerprint density at radius 3 is 2.83 bits per heavy atom. The number of rotatable bonds is 4. The molecule has 1 aliphatic rings. The van der Waals surface area contributed by atoms with Crippen LogP contribution in [0.15, 0.2) is 24.3 Å². The van der Waals surface area contributed by atoms with E-state index < -0.39 is 0 Å². The van der Waals surface area contributed by atoms with Crippen molar-refractivity contribution in [1.82, 2.24) is 4.90 Å².